The lowest BCUT2D eigenvalue weighted by molar-refractivity contribution is -0.131. The van der Waals surface area contributed by atoms with Gasteiger partial charge >= 0.3 is 5.97 Å². The van der Waals surface area contributed by atoms with Gasteiger partial charge in [0.1, 0.15) is 5.76 Å². The molecule has 0 fully saturated rings. The number of hydrogen-bond acceptors (Lipinski definition) is 3. The van der Waals surface area contributed by atoms with Crippen molar-refractivity contribution in [3.05, 3.63) is 35.6 Å². The van der Waals surface area contributed by atoms with Crippen LogP contribution < -0.4 is 5.73 Å². The quantitative estimate of drug-likeness (QED) is 0.527. The van der Waals surface area contributed by atoms with Gasteiger partial charge in [-0.2, -0.15) is 0 Å². The van der Waals surface area contributed by atoms with Gasteiger partial charge in [-0.1, -0.05) is 6.08 Å². The number of allylic oxidation sites excluding steroid dienone is 4. The van der Waals surface area contributed by atoms with Crippen molar-refractivity contribution >= 4 is 5.97 Å². The minimum absolute atomic E-state index is 0.563. The summed E-state index contributed by atoms with van der Waals surface area (Å²) < 4.78 is 5.40. The standard InChI is InChI=1S/C11H15NO3/c12-5-2-6-15-10-4-1-3-9(7-10)8-11(13)14/h1,4,7-8H,2-3,5-6,12H2,(H,13,14). The number of carboxylic acid groups (broad SMARTS) is 1. The predicted molar refractivity (Wildman–Crippen MR) is 57.2 cm³/mol. The van der Waals surface area contributed by atoms with Crippen molar-refractivity contribution in [2.24, 2.45) is 5.73 Å². The Kier molecular flexibility index (Phi) is 4.63. The van der Waals surface area contributed by atoms with E-state index in [0.717, 1.165) is 12.0 Å². The van der Waals surface area contributed by atoms with Crippen LogP contribution in [-0.2, 0) is 9.53 Å². The van der Waals surface area contributed by atoms with E-state index in [1.54, 1.807) is 6.08 Å². The maximum absolute atomic E-state index is 10.4. The Morgan fingerprint density at radius 1 is 1.67 bits per heavy atom. The summed E-state index contributed by atoms with van der Waals surface area (Å²) in [4.78, 5) is 10.4. The summed E-state index contributed by atoms with van der Waals surface area (Å²) in [6, 6.07) is 0. The summed E-state index contributed by atoms with van der Waals surface area (Å²) >= 11 is 0. The highest BCUT2D eigenvalue weighted by molar-refractivity contribution is 5.81. The topological polar surface area (TPSA) is 72.5 Å². The molecule has 0 radical (unpaired) electrons. The van der Waals surface area contributed by atoms with Crippen molar-refractivity contribution in [3.8, 4) is 0 Å². The number of ether oxygens (including phenoxy) is 1. The highest BCUT2D eigenvalue weighted by atomic mass is 16.5. The number of carboxylic acids is 1. The summed E-state index contributed by atoms with van der Waals surface area (Å²) in [5, 5.41) is 8.58. The lowest BCUT2D eigenvalue weighted by Crippen LogP contribution is -2.04. The van der Waals surface area contributed by atoms with Gasteiger partial charge in [0.15, 0.2) is 0 Å². The molecular formula is C11H15NO3. The monoisotopic (exact) mass is 209 g/mol. The third-order valence-electron chi connectivity index (χ3n) is 1.89. The zero-order chi connectivity index (χ0) is 11.1. The van der Waals surface area contributed by atoms with E-state index in [1.807, 2.05) is 12.2 Å². The second kappa shape index (κ2) is 6.03. The van der Waals surface area contributed by atoms with Crippen LogP contribution in [0.15, 0.2) is 35.6 Å². The van der Waals surface area contributed by atoms with Crippen LogP contribution in [-0.4, -0.2) is 24.2 Å². The molecule has 0 aromatic rings. The highest BCUT2D eigenvalue weighted by Gasteiger charge is 2.04. The average Bonchev–Trinajstić information content (AvgIpc) is 2.18. The molecule has 15 heavy (non-hydrogen) atoms. The van der Waals surface area contributed by atoms with E-state index in [0.29, 0.717) is 25.3 Å². The largest absolute Gasteiger partial charge is 0.494 e. The van der Waals surface area contributed by atoms with Crippen LogP contribution in [0.5, 0.6) is 0 Å². The molecule has 4 nitrogen and oxygen atoms in total. The van der Waals surface area contributed by atoms with E-state index in [4.69, 9.17) is 15.6 Å². The molecule has 1 rings (SSSR count). The van der Waals surface area contributed by atoms with Crippen LogP contribution in [0, 0.1) is 0 Å². The van der Waals surface area contributed by atoms with E-state index in [-0.39, 0.29) is 0 Å². The second-order valence-electron chi connectivity index (χ2n) is 3.20. The molecule has 4 heteroatoms. The smallest absolute Gasteiger partial charge is 0.328 e. The van der Waals surface area contributed by atoms with Crippen molar-refractivity contribution in [2.45, 2.75) is 12.8 Å². The zero-order valence-electron chi connectivity index (χ0n) is 8.48. The lowest BCUT2D eigenvalue weighted by Gasteiger charge is -2.10. The number of rotatable bonds is 5. The van der Waals surface area contributed by atoms with Gasteiger partial charge in [-0.05, 0) is 37.1 Å². The Bertz CT molecular complexity index is 316. The van der Waals surface area contributed by atoms with Crippen molar-refractivity contribution in [1.29, 1.82) is 0 Å². The van der Waals surface area contributed by atoms with E-state index in [1.165, 1.54) is 6.08 Å². The summed E-state index contributed by atoms with van der Waals surface area (Å²) in [5.41, 5.74) is 6.07. The molecule has 0 saturated carbocycles. The first-order valence-corrected chi connectivity index (χ1v) is 4.87. The predicted octanol–water partition coefficient (Wildman–Crippen LogP) is 1.21. The first-order valence-electron chi connectivity index (χ1n) is 4.87. The number of nitrogens with two attached hydrogens (primary N) is 1. The number of aliphatic carboxylic acids is 1. The molecule has 0 aromatic heterocycles. The van der Waals surface area contributed by atoms with Crippen molar-refractivity contribution < 1.29 is 14.6 Å². The lowest BCUT2D eigenvalue weighted by atomic mass is 10.1. The van der Waals surface area contributed by atoms with Gasteiger partial charge in [0.05, 0.1) is 6.61 Å². The van der Waals surface area contributed by atoms with Gasteiger partial charge in [-0.15, -0.1) is 0 Å². The third-order valence-corrected chi connectivity index (χ3v) is 1.89. The minimum Gasteiger partial charge on any atom is -0.494 e. The summed E-state index contributed by atoms with van der Waals surface area (Å²) in [7, 11) is 0. The maximum atomic E-state index is 10.4. The fourth-order valence-electron chi connectivity index (χ4n) is 1.22. The molecule has 1 aliphatic rings. The Labute approximate surface area is 88.7 Å². The maximum Gasteiger partial charge on any atom is 0.328 e. The Hall–Kier alpha value is -1.55. The number of carbonyl (C=O) groups is 1. The molecule has 0 amide bonds. The first-order chi connectivity index (χ1) is 7.22. The molecule has 0 aromatic carbocycles. The van der Waals surface area contributed by atoms with Crippen LogP contribution in [0.4, 0.5) is 0 Å². The van der Waals surface area contributed by atoms with Gasteiger partial charge in [-0.3, -0.25) is 0 Å². The molecule has 0 atom stereocenters. The fourth-order valence-corrected chi connectivity index (χ4v) is 1.22. The van der Waals surface area contributed by atoms with Gasteiger partial charge in [0, 0.05) is 6.08 Å². The van der Waals surface area contributed by atoms with Crippen LogP contribution in [0.3, 0.4) is 0 Å². The van der Waals surface area contributed by atoms with Crippen LogP contribution in [0.25, 0.3) is 0 Å². The SMILES string of the molecule is NCCCOC1=CC(=CC(=O)O)CC=C1. The Morgan fingerprint density at radius 2 is 2.47 bits per heavy atom. The number of hydrogen-bond donors (Lipinski definition) is 2. The molecule has 1 aliphatic carbocycles. The van der Waals surface area contributed by atoms with Gasteiger partial charge < -0.3 is 15.6 Å². The first kappa shape index (κ1) is 11.5. The summed E-state index contributed by atoms with van der Waals surface area (Å²) in [6.07, 6.45) is 8.09. The van der Waals surface area contributed by atoms with Crippen molar-refractivity contribution in [2.75, 3.05) is 13.2 Å². The highest BCUT2D eigenvalue weighted by Crippen LogP contribution is 2.16. The van der Waals surface area contributed by atoms with E-state index >= 15 is 0 Å². The Morgan fingerprint density at radius 3 is 3.13 bits per heavy atom. The molecular weight excluding hydrogens is 194 g/mol. The van der Waals surface area contributed by atoms with Crippen LogP contribution in [0.2, 0.25) is 0 Å². The third kappa shape index (κ3) is 4.46. The molecule has 0 unspecified atom stereocenters. The average molecular weight is 209 g/mol. The normalized spacial score (nSPS) is 17.7. The van der Waals surface area contributed by atoms with Crippen LogP contribution >= 0.6 is 0 Å². The fraction of sp³-hybridized carbons (Fsp3) is 0.364. The van der Waals surface area contributed by atoms with Gasteiger partial charge in [-0.25, -0.2) is 4.79 Å². The molecule has 0 heterocycles. The molecule has 3 N–H and O–H groups in total. The molecule has 0 saturated heterocycles. The van der Waals surface area contributed by atoms with E-state index < -0.39 is 5.97 Å². The minimum atomic E-state index is -0.933. The zero-order valence-corrected chi connectivity index (χ0v) is 8.48. The molecule has 0 spiro atoms. The van der Waals surface area contributed by atoms with E-state index in [2.05, 4.69) is 0 Å². The van der Waals surface area contributed by atoms with Gasteiger partial charge in [0.2, 0.25) is 0 Å². The summed E-state index contributed by atoms with van der Waals surface area (Å²) in [5.74, 6) is -0.236. The molecule has 0 aliphatic heterocycles. The Balaban J connectivity index is 2.53. The van der Waals surface area contributed by atoms with Crippen LogP contribution in [0.1, 0.15) is 12.8 Å². The second-order valence-corrected chi connectivity index (χ2v) is 3.20. The molecule has 82 valence electrons. The van der Waals surface area contributed by atoms with Crippen molar-refractivity contribution in [1.82, 2.24) is 0 Å². The summed E-state index contributed by atoms with van der Waals surface area (Å²) in [6.45, 7) is 1.15. The van der Waals surface area contributed by atoms with E-state index in [9.17, 15) is 4.79 Å². The van der Waals surface area contributed by atoms with Crippen molar-refractivity contribution in [3.63, 3.8) is 0 Å². The van der Waals surface area contributed by atoms with Gasteiger partial charge in [0.25, 0.3) is 0 Å². The molecule has 0 bridgehead atoms.